The third kappa shape index (κ3) is 6.06. The molecule has 2 aromatic carbocycles. The average Bonchev–Trinajstić information content (AvgIpc) is 2.96. The molecule has 1 atom stereocenters. The topological polar surface area (TPSA) is 36.0 Å². The molecule has 0 saturated carbocycles. The third-order valence-corrected chi connectivity index (χ3v) is 6.61. The second-order valence-corrected chi connectivity index (χ2v) is 10.2. The number of rotatable bonds is 4. The van der Waals surface area contributed by atoms with Gasteiger partial charge >= 0.3 is 6.09 Å². The lowest BCUT2D eigenvalue weighted by Gasteiger charge is -2.36. The van der Waals surface area contributed by atoms with Crippen LogP contribution in [0.5, 0.6) is 0 Å². The molecule has 184 valence electrons. The van der Waals surface area contributed by atoms with Gasteiger partial charge in [0.25, 0.3) is 0 Å². The molecule has 4 rings (SSSR count). The maximum Gasteiger partial charge on any atom is 0.410 e. The molecule has 0 aromatic heterocycles. The molecule has 2 aromatic rings. The first-order valence-electron chi connectivity index (χ1n) is 12.2. The second kappa shape index (κ2) is 10.3. The Morgan fingerprint density at radius 2 is 1.62 bits per heavy atom. The quantitative estimate of drug-likeness (QED) is 0.610. The van der Waals surface area contributed by atoms with Crippen molar-refractivity contribution in [3.05, 3.63) is 65.2 Å². The SMILES string of the molecule is CC(C)(C)OC(=O)N1CCN(CCN2CCCC(c3ccc(F)cc3)c3ccc(F)cc32)CC1. The van der Waals surface area contributed by atoms with E-state index in [-0.39, 0.29) is 23.6 Å². The molecule has 7 heteroatoms. The molecule has 2 aliphatic rings. The van der Waals surface area contributed by atoms with Gasteiger partial charge in [-0.1, -0.05) is 18.2 Å². The van der Waals surface area contributed by atoms with Crippen molar-refractivity contribution in [3.63, 3.8) is 0 Å². The Labute approximate surface area is 201 Å². The molecule has 0 aliphatic carbocycles. The molecule has 0 bridgehead atoms. The van der Waals surface area contributed by atoms with E-state index < -0.39 is 5.60 Å². The fourth-order valence-corrected chi connectivity index (χ4v) is 4.86. The molecule has 2 heterocycles. The van der Waals surface area contributed by atoms with Crippen LogP contribution >= 0.6 is 0 Å². The van der Waals surface area contributed by atoms with Gasteiger partial charge in [0.05, 0.1) is 0 Å². The Morgan fingerprint density at radius 3 is 2.29 bits per heavy atom. The number of ether oxygens (including phenoxy) is 1. The van der Waals surface area contributed by atoms with Crippen LogP contribution in [0.3, 0.4) is 0 Å². The summed E-state index contributed by atoms with van der Waals surface area (Å²) >= 11 is 0. The van der Waals surface area contributed by atoms with Crippen LogP contribution in [0.25, 0.3) is 0 Å². The first kappa shape index (κ1) is 24.5. The van der Waals surface area contributed by atoms with E-state index in [1.54, 1.807) is 11.0 Å². The molecule has 1 unspecified atom stereocenters. The third-order valence-electron chi connectivity index (χ3n) is 6.61. The molecular weight excluding hydrogens is 436 g/mol. The number of nitrogens with zero attached hydrogens (tertiary/aromatic N) is 3. The van der Waals surface area contributed by atoms with Gasteiger partial charge in [-0.15, -0.1) is 0 Å². The lowest BCUT2D eigenvalue weighted by molar-refractivity contribution is 0.0147. The zero-order valence-electron chi connectivity index (χ0n) is 20.4. The highest BCUT2D eigenvalue weighted by Crippen LogP contribution is 2.39. The van der Waals surface area contributed by atoms with Crippen LogP contribution in [0.4, 0.5) is 19.3 Å². The Hall–Kier alpha value is -2.67. The van der Waals surface area contributed by atoms with E-state index in [0.29, 0.717) is 13.1 Å². The van der Waals surface area contributed by atoms with Crippen molar-refractivity contribution in [1.82, 2.24) is 9.80 Å². The van der Waals surface area contributed by atoms with Gasteiger partial charge in [0.15, 0.2) is 0 Å². The number of anilines is 1. The Kier molecular flexibility index (Phi) is 7.41. The van der Waals surface area contributed by atoms with Gasteiger partial charge in [-0.3, -0.25) is 4.90 Å². The summed E-state index contributed by atoms with van der Waals surface area (Å²) in [6.45, 7) is 11.0. The Bertz CT molecular complexity index is 982. The van der Waals surface area contributed by atoms with Crippen molar-refractivity contribution in [2.75, 3.05) is 50.7 Å². The van der Waals surface area contributed by atoms with Crippen LogP contribution in [-0.2, 0) is 4.74 Å². The summed E-state index contributed by atoms with van der Waals surface area (Å²) in [5, 5.41) is 0. The van der Waals surface area contributed by atoms with Gasteiger partial charge < -0.3 is 14.5 Å². The van der Waals surface area contributed by atoms with Crippen LogP contribution in [0.15, 0.2) is 42.5 Å². The van der Waals surface area contributed by atoms with Gasteiger partial charge in [-0.05, 0) is 69.0 Å². The Morgan fingerprint density at radius 1 is 0.941 bits per heavy atom. The highest BCUT2D eigenvalue weighted by atomic mass is 19.1. The molecule has 1 saturated heterocycles. The maximum absolute atomic E-state index is 14.3. The molecule has 34 heavy (non-hydrogen) atoms. The minimum absolute atomic E-state index is 0.124. The van der Waals surface area contributed by atoms with Gasteiger partial charge in [-0.25, -0.2) is 13.6 Å². The highest BCUT2D eigenvalue weighted by Gasteiger charge is 2.28. The number of benzene rings is 2. The summed E-state index contributed by atoms with van der Waals surface area (Å²) in [5.74, 6) is -0.363. The van der Waals surface area contributed by atoms with Crippen LogP contribution in [-0.4, -0.2) is 67.3 Å². The van der Waals surface area contributed by atoms with Crippen molar-refractivity contribution in [3.8, 4) is 0 Å². The second-order valence-electron chi connectivity index (χ2n) is 10.2. The number of amides is 1. The van der Waals surface area contributed by atoms with Crippen molar-refractivity contribution in [2.45, 2.75) is 45.1 Å². The summed E-state index contributed by atoms with van der Waals surface area (Å²) in [4.78, 5) is 18.7. The number of carbonyl (C=O) groups is 1. The monoisotopic (exact) mass is 471 g/mol. The predicted octanol–water partition coefficient (Wildman–Crippen LogP) is 5.25. The standard InChI is InChI=1S/C27H35F2N3O2/c1-27(2,3)34-26(33)32-17-14-30(15-18-32)13-16-31-12-4-5-23(20-6-8-21(28)9-7-20)24-11-10-22(29)19-25(24)31/h6-11,19,23H,4-5,12-18H2,1-3H3. The number of hydrogen-bond donors (Lipinski definition) is 0. The number of halogens is 2. The van der Waals surface area contributed by atoms with Crippen molar-refractivity contribution < 1.29 is 18.3 Å². The van der Waals surface area contributed by atoms with Crippen LogP contribution in [0, 0.1) is 11.6 Å². The fraction of sp³-hybridized carbons (Fsp3) is 0.519. The van der Waals surface area contributed by atoms with E-state index in [2.05, 4.69) is 9.80 Å². The number of fused-ring (bicyclic) bond motifs is 1. The first-order valence-corrected chi connectivity index (χ1v) is 12.2. The molecule has 1 fully saturated rings. The number of hydrogen-bond acceptors (Lipinski definition) is 4. The molecule has 5 nitrogen and oxygen atoms in total. The zero-order valence-corrected chi connectivity index (χ0v) is 20.4. The molecule has 0 N–H and O–H groups in total. The molecule has 0 spiro atoms. The molecular formula is C27H35F2N3O2. The van der Waals surface area contributed by atoms with Gasteiger partial charge in [-0.2, -0.15) is 0 Å². The summed E-state index contributed by atoms with van der Waals surface area (Å²) < 4.78 is 33.2. The zero-order chi connectivity index (χ0) is 24.3. The minimum Gasteiger partial charge on any atom is -0.444 e. The van der Waals surface area contributed by atoms with E-state index in [1.807, 2.05) is 39.0 Å². The van der Waals surface area contributed by atoms with Crippen LogP contribution in [0.1, 0.15) is 50.7 Å². The van der Waals surface area contributed by atoms with Crippen LogP contribution < -0.4 is 4.90 Å². The van der Waals surface area contributed by atoms with Crippen LogP contribution in [0.2, 0.25) is 0 Å². The molecule has 1 amide bonds. The van der Waals surface area contributed by atoms with Gasteiger partial charge in [0, 0.05) is 57.4 Å². The van der Waals surface area contributed by atoms with Gasteiger partial charge in [0.2, 0.25) is 0 Å². The van der Waals surface area contributed by atoms with E-state index >= 15 is 0 Å². The fourth-order valence-electron chi connectivity index (χ4n) is 4.86. The maximum atomic E-state index is 14.3. The van der Waals surface area contributed by atoms with Gasteiger partial charge in [0.1, 0.15) is 17.2 Å². The molecule has 0 radical (unpaired) electrons. The predicted molar refractivity (Wildman–Crippen MR) is 130 cm³/mol. The summed E-state index contributed by atoms with van der Waals surface area (Å²) in [5.41, 5.74) is 2.60. The summed E-state index contributed by atoms with van der Waals surface area (Å²) in [6.07, 6.45) is 1.66. The van der Waals surface area contributed by atoms with E-state index in [9.17, 15) is 13.6 Å². The number of piperazine rings is 1. The lowest BCUT2D eigenvalue weighted by atomic mass is 9.87. The Balaban J connectivity index is 1.40. The molecule has 2 aliphatic heterocycles. The van der Waals surface area contributed by atoms with Crippen molar-refractivity contribution in [2.24, 2.45) is 0 Å². The number of carbonyl (C=O) groups excluding carboxylic acids is 1. The van der Waals surface area contributed by atoms with E-state index in [0.717, 1.165) is 62.4 Å². The van der Waals surface area contributed by atoms with Crippen molar-refractivity contribution >= 4 is 11.8 Å². The summed E-state index contributed by atoms with van der Waals surface area (Å²) in [6, 6.07) is 11.7. The van der Waals surface area contributed by atoms with Crippen molar-refractivity contribution in [1.29, 1.82) is 0 Å². The van der Waals surface area contributed by atoms with E-state index in [4.69, 9.17) is 4.74 Å². The lowest BCUT2D eigenvalue weighted by Crippen LogP contribution is -2.51. The van der Waals surface area contributed by atoms with E-state index in [1.165, 1.54) is 18.2 Å². The average molecular weight is 472 g/mol. The first-order chi connectivity index (χ1) is 16.2. The largest absolute Gasteiger partial charge is 0.444 e. The normalized spacial score (nSPS) is 19.5. The summed E-state index contributed by atoms with van der Waals surface area (Å²) in [7, 11) is 0. The smallest absolute Gasteiger partial charge is 0.410 e. The highest BCUT2D eigenvalue weighted by molar-refractivity contribution is 5.68. The minimum atomic E-state index is -0.491.